The van der Waals surface area contributed by atoms with Gasteiger partial charge in [-0.1, -0.05) is 0 Å². The van der Waals surface area contributed by atoms with Crippen molar-refractivity contribution >= 4 is 5.84 Å². The number of nitrogens with one attached hydrogen (secondary N) is 4. The molecule has 2 saturated heterocycles. The molecule has 40 heavy (non-hydrogen) atoms. The van der Waals surface area contributed by atoms with Gasteiger partial charge in [0.25, 0.3) is 0 Å². The van der Waals surface area contributed by atoms with Crippen LogP contribution >= 0.6 is 0 Å². The van der Waals surface area contributed by atoms with Crippen LogP contribution in [-0.2, 0) is 18.9 Å². The molecular weight excluding hydrogens is 535 g/mol. The van der Waals surface area contributed by atoms with Crippen molar-refractivity contribution in [2.45, 2.75) is 105 Å². The number of hydrogen-bond acceptors (Lipinski definition) is 14. The number of amidine groups is 1. The smallest absolute Gasteiger partial charge is 0.185 e. The third kappa shape index (κ3) is 8.03. The van der Waals surface area contributed by atoms with E-state index < -0.39 is 92.0 Å². The highest BCUT2D eigenvalue weighted by Gasteiger charge is 2.51. The van der Waals surface area contributed by atoms with Crippen molar-refractivity contribution < 1.29 is 48.9 Å². The monoisotopic (exact) mass is 582 g/mol. The molecule has 13 N–H and O–H groups in total. The molecule has 2 aliphatic heterocycles. The molecule has 3 aliphatic rings. The molecule has 0 amide bonds. The maximum atomic E-state index is 12.5. The molecule has 0 aromatic carbocycles. The summed E-state index contributed by atoms with van der Waals surface area (Å²) in [6, 6.07) is -2.99. The molecule has 1 aliphatic carbocycles. The fourth-order valence-electron chi connectivity index (χ4n) is 5.49. The van der Waals surface area contributed by atoms with E-state index in [1.165, 1.54) is 6.92 Å². The second-order valence-corrected chi connectivity index (χ2v) is 11.0. The van der Waals surface area contributed by atoms with E-state index in [9.17, 15) is 29.9 Å². The van der Waals surface area contributed by atoms with Crippen LogP contribution in [0.4, 0.5) is 4.39 Å². The molecular formula is C24H47FN6O9. The van der Waals surface area contributed by atoms with Gasteiger partial charge in [0.15, 0.2) is 12.6 Å². The van der Waals surface area contributed by atoms with E-state index >= 15 is 0 Å². The maximum Gasteiger partial charge on any atom is 0.185 e. The molecule has 7 unspecified atom stereocenters. The van der Waals surface area contributed by atoms with Gasteiger partial charge in [-0.25, -0.2) is 4.39 Å². The molecule has 15 nitrogen and oxygen atoms in total. The first-order chi connectivity index (χ1) is 18.9. The number of hydrogen-bond donors (Lipinski definition) is 11. The normalized spacial score (nSPS) is 43.3. The highest BCUT2D eigenvalue weighted by atomic mass is 19.1. The summed E-state index contributed by atoms with van der Waals surface area (Å²) >= 11 is 0. The molecule has 0 spiro atoms. The summed E-state index contributed by atoms with van der Waals surface area (Å²) < 4.78 is 36.2. The Labute approximate surface area is 233 Å². The van der Waals surface area contributed by atoms with Gasteiger partial charge >= 0.3 is 0 Å². The third-order valence-electron chi connectivity index (χ3n) is 7.73. The molecule has 0 aromatic rings. The van der Waals surface area contributed by atoms with Gasteiger partial charge in [0.2, 0.25) is 0 Å². The van der Waals surface area contributed by atoms with Crippen LogP contribution in [0.2, 0.25) is 0 Å². The zero-order chi connectivity index (χ0) is 29.6. The van der Waals surface area contributed by atoms with Gasteiger partial charge in [-0.15, -0.1) is 0 Å². The number of alkyl halides is 1. The van der Waals surface area contributed by atoms with Crippen LogP contribution in [0.5, 0.6) is 0 Å². The van der Waals surface area contributed by atoms with E-state index in [1.54, 1.807) is 7.05 Å². The Bertz CT molecular complexity index is 804. The second kappa shape index (κ2) is 14.9. The first-order valence-corrected chi connectivity index (χ1v) is 13.7. The zero-order valence-electron chi connectivity index (χ0n) is 23.0. The number of aliphatic hydroxyl groups is 5. The fourth-order valence-corrected chi connectivity index (χ4v) is 5.49. The Morgan fingerprint density at radius 2 is 1.85 bits per heavy atom. The standard InChI is InChI=1S/C24H47FN6O9/c1-24(36)10-37-23(17(35)20(24)29-2)40-19-14(31-21(28)15(33)9-32)7-13(27)18(16(19)34)39-22-12(26)4-3-11(38-22)8-30-6-5-25/h11-20,22-23,29-30,32-36H,3-10,26-27H2,1-2H3,(H2,28,31)/t11-,12?,13-,14+,15?,16?,17?,18?,19?,20+,22+,23+,24?/m0/s1. The van der Waals surface area contributed by atoms with Gasteiger partial charge in [0.1, 0.15) is 48.6 Å². The summed E-state index contributed by atoms with van der Waals surface area (Å²) in [4.78, 5) is 0. The Balaban J connectivity index is 1.78. The maximum absolute atomic E-state index is 12.5. The molecule has 0 aromatic heterocycles. The average molecular weight is 583 g/mol. The lowest BCUT2D eigenvalue weighted by Crippen LogP contribution is -2.69. The first-order valence-electron chi connectivity index (χ1n) is 13.7. The first kappa shape index (κ1) is 33.4. The van der Waals surface area contributed by atoms with E-state index in [4.69, 9.17) is 35.8 Å². The lowest BCUT2D eigenvalue weighted by molar-refractivity contribution is -0.307. The van der Waals surface area contributed by atoms with E-state index in [1.807, 2.05) is 0 Å². The van der Waals surface area contributed by atoms with E-state index in [0.717, 1.165) is 0 Å². The quantitative estimate of drug-likeness (QED) is 0.0591. The van der Waals surface area contributed by atoms with Gasteiger partial charge in [0, 0.05) is 19.1 Å². The van der Waals surface area contributed by atoms with E-state index in [0.29, 0.717) is 19.4 Å². The van der Waals surface area contributed by atoms with Crippen molar-refractivity contribution in [1.29, 1.82) is 5.41 Å². The lowest BCUT2D eigenvalue weighted by atomic mass is 9.83. The number of aliphatic hydroxyl groups excluding tert-OH is 4. The molecule has 1 saturated carbocycles. The minimum Gasteiger partial charge on any atom is -0.393 e. The summed E-state index contributed by atoms with van der Waals surface area (Å²) in [5.41, 5.74) is 11.2. The molecule has 3 rings (SSSR count). The Kier molecular flexibility index (Phi) is 12.4. The molecule has 2 heterocycles. The molecule has 13 atom stereocenters. The van der Waals surface area contributed by atoms with Gasteiger partial charge in [-0.2, -0.15) is 0 Å². The van der Waals surface area contributed by atoms with Crippen LogP contribution < -0.4 is 27.4 Å². The number of nitrogens with two attached hydrogens (primary N) is 2. The fraction of sp³-hybridized carbons (Fsp3) is 0.958. The largest absolute Gasteiger partial charge is 0.393 e. The summed E-state index contributed by atoms with van der Waals surface area (Å²) in [6.45, 7) is 0.701. The number of halogens is 1. The Morgan fingerprint density at radius 3 is 2.50 bits per heavy atom. The van der Waals surface area contributed by atoms with Crippen LogP contribution in [0.15, 0.2) is 0 Å². The van der Waals surface area contributed by atoms with Crippen LogP contribution in [0.1, 0.15) is 26.2 Å². The van der Waals surface area contributed by atoms with Crippen LogP contribution in [0.25, 0.3) is 0 Å². The Morgan fingerprint density at radius 1 is 1.15 bits per heavy atom. The van der Waals surface area contributed by atoms with Crippen molar-refractivity contribution in [2.24, 2.45) is 11.5 Å². The van der Waals surface area contributed by atoms with Crippen molar-refractivity contribution in [3.8, 4) is 0 Å². The molecule has 0 radical (unpaired) electrons. The molecule has 234 valence electrons. The van der Waals surface area contributed by atoms with Gasteiger partial charge < -0.3 is 71.9 Å². The molecule has 3 fully saturated rings. The van der Waals surface area contributed by atoms with Crippen molar-refractivity contribution in [3.05, 3.63) is 0 Å². The minimum absolute atomic E-state index is 0.0896. The van der Waals surface area contributed by atoms with Crippen molar-refractivity contribution in [2.75, 3.05) is 40.0 Å². The average Bonchev–Trinajstić information content (AvgIpc) is 2.91. The van der Waals surface area contributed by atoms with Gasteiger partial charge in [-0.05, 0) is 33.2 Å². The van der Waals surface area contributed by atoms with Gasteiger partial charge in [-0.3, -0.25) is 5.41 Å². The topological polar surface area (TPSA) is 250 Å². The predicted molar refractivity (Wildman–Crippen MR) is 140 cm³/mol. The SMILES string of the molecule is CN[C@@H]1C(O)[C@@H](OC2C(O)C(O[C@H]3O[C@H](CNCCF)CCC3N)[C@@H](N)C[C@H]2NC(=N)C(O)CO)OCC1(C)O. The van der Waals surface area contributed by atoms with Crippen molar-refractivity contribution in [3.63, 3.8) is 0 Å². The molecule has 0 bridgehead atoms. The predicted octanol–water partition coefficient (Wildman–Crippen LogP) is -4.41. The summed E-state index contributed by atoms with van der Waals surface area (Å²) in [5, 5.41) is 68.7. The van der Waals surface area contributed by atoms with Crippen LogP contribution in [0.3, 0.4) is 0 Å². The summed E-state index contributed by atoms with van der Waals surface area (Å²) in [5.74, 6) is -0.415. The zero-order valence-corrected chi connectivity index (χ0v) is 23.0. The van der Waals surface area contributed by atoms with Gasteiger partial charge in [0.05, 0.1) is 37.4 Å². The van der Waals surface area contributed by atoms with Crippen LogP contribution in [0, 0.1) is 5.41 Å². The van der Waals surface area contributed by atoms with Crippen LogP contribution in [-0.4, -0.2) is 150 Å². The lowest BCUT2D eigenvalue weighted by Gasteiger charge is -2.49. The Hall–Kier alpha value is -1.12. The number of ether oxygens (including phenoxy) is 4. The van der Waals surface area contributed by atoms with E-state index in [-0.39, 0.29) is 25.7 Å². The summed E-state index contributed by atoms with van der Waals surface area (Å²) in [6.07, 6.45) is -7.70. The second-order valence-electron chi connectivity index (χ2n) is 11.0. The highest BCUT2D eigenvalue weighted by Crippen LogP contribution is 2.32. The third-order valence-corrected chi connectivity index (χ3v) is 7.73. The summed E-state index contributed by atoms with van der Waals surface area (Å²) in [7, 11) is 1.57. The number of likely N-dealkylation sites (N-methyl/N-ethyl adjacent to an activating group) is 1. The number of rotatable bonds is 12. The molecule has 16 heteroatoms. The minimum atomic E-state index is -1.50. The van der Waals surface area contributed by atoms with E-state index in [2.05, 4.69) is 16.0 Å². The highest BCUT2D eigenvalue weighted by molar-refractivity contribution is 5.83. The van der Waals surface area contributed by atoms with Crippen molar-refractivity contribution in [1.82, 2.24) is 16.0 Å².